The predicted molar refractivity (Wildman–Crippen MR) is 67.0 cm³/mol. The molecule has 0 spiro atoms. The fourth-order valence-corrected chi connectivity index (χ4v) is 2.06. The second-order valence-electron chi connectivity index (χ2n) is 4.23. The van der Waals surface area contributed by atoms with Crippen LogP contribution in [0.25, 0.3) is 0 Å². The number of methoxy groups -OCH3 is 1. The van der Waals surface area contributed by atoms with Crippen LogP contribution < -0.4 is 4.90 Å². The predicted octanol–water partition coefficient (Wildman–Crippen LogP) is 1.60. The fraction of sp³-hybridized carbons (Fsp3) is 0.286. The highest BCUT2D eigenvalue weighted by atomic mass is 19.1. The molecule has 0 aliphatic carbocycles. The summed E-state index contributed by atoms with van der Waals surface area (Å²) >= 11 is 0. The molecule has 1 aromatic rings. The van der Waals surface area contributed by atoms with Gasteiger partial charge in [0.25, 0.3) is 0 Å². The van der Waals surface area contributed by atoms with Gasteiger partial charge in [0.2, 0.25) is 5.91 Å². The summed E-state index contributed by atoms with van der Waals surface area (Å²) in [5.74, 6) is 0.908. The maximum Gasteiger partial charge on any atom is 0.339 e. The van der Waals surface area contributed by atoms with Gasteiger partial charge in [0.15, 0.2) is 0 Å². The summed E-state index contributed by atoms with van der Waals surface area (Å²) in [6.45, 7) is 0.281. The summed E-state index contributed by atoms with van der Waals surface area (Å²) in [6.07, 6.45) is 5.50. The summed E-state index contributed by atoms with van der Waals surface area (Å²) in [5.41, 5.74) is 0.351. The van der Waals surface area contributed by atoms with Crippen LogP contribution in [0.4, 0.5) is 10.1 Å². The molecule has 4 nitrogen and oxygen atoms in total. The number of anilines is 1. The van der Waals surface area contributed by atoms with Gasteiger partial charge in [-0.3, -0.25) is 4.79 Å². The van der Waals surface area contributed by atoms with Crippen LogP contribution in [0.5, 0.6) is 0 Å². The van der Waals surface area contributed by atoms with Crippen molar-refractivity contribution in [1.29, 1.82) is 0 Å². The minimum Gasteiger partial charge on any atom is -0.465 e. The summed E-state index contributed by atoms with van der Waals surface area (Å²) < 4.78 is 18.0. The first-order valence-electron chi connectivity index (χ1n) is 5.71. The number of hydrogen-bond donors (Lipinski definition) is 0. The molecule has 1 unspecified atom stereocenters. The van der Waals surface area contributed by atoms with Gasteiger partial charge in [0.1, 0.15) is 5.82 Å². The Bertz CT molecular complexity index is 577. The number of hydrogen-bond acceptors (Lipinski definition) is 3. The van der Waals surface area contributed by atoms with E-state index in [-0.39, 0.29) is 36.0 Å². The Kier molecular flexibility index (Phi) is 3.52. The molecular formula is C14H12FNO3. The van der Waals surface area contributed by atoms with Gasteiger partial charge in [-0.25, -0.2) is 9.18 Å². The Morgan fingerprint density at radius 2 is 2.32 bits per heavy atom. The summed E-state index contributed by atoms with van der Waals surface area (Å²) in [6, 6.07) is 3.59. The molecule has 0 saturated carbocycles. The van der Waals surface area contributed by atoms with Crippen LogP contribution in [-0.2, 0) is 9.53 Å². The van der Waals surface area contributed by atoms with E-state index >= 15 is 0 Å². The number of ether oxygens (including phenoxy) is 1. The van der Waals surface area contributed by atoms with Gasteiger partial charge in [-0.2, -0.15) is 0 Å². The quantitative estimate of drug-likeness (QED) is 0.600. The Morgan fingerprint density at radius 1 is 1.58 bits per heavy atom. The minimum absolute atomic E-state index is 0.148. The lowest BCUT2D eigenvalue weighted by molar-refractivity contribution is -0.117. The van der Waals surface area contributed by atoms with Gasteiger partial charge >= 0.3 is 5.97 Å². The van der Waals surface area contributed by atoms with Gasteiger partial charge in [0, 0.05) is 18.9 Å². The molecule has 0 aromatic heterocycles. The highest BCUT2D eigenvalue weighted by Gasteiger charge is 2.32. The van der Waals surface area contributed by atoms with E-state index in [1.54, 1.807) is 0 Å². The zero-order chi connectivity index (χ0) is 14.0. The van der Waals surface area contributed by atoms with E-state index in [4.69, 9.17) is 6.42 Å². The molecule has 2 rings (SSSR count). The highest BCUT2D eigenvalue weighted by molar-refractivity contribution is 6.03. The molecular weight excluding hydrogens is 249 g/mol. The Morgan fingerprint density at radius 3 is 2.89 bits per heavy atom. The average Bonchev–Trinajstić information content (AvgIpc) is 2.79. The molecule has 0 N–H and O–H groups in total. The molecule has 0 bridgehead atoms. The fourth-order valence-electron chi connectivity index (χ4n) is 2.06. The van der Waals surface area contributed by atoms with Crippen molar-refractivity contribution in [3.05, 3.63) is 29.6 Å². The molecule has 0 radical (unpaired) electrons. The Labute approximate surface area is 110 Å². The number of carbonyl (C=O) groups excluding carboxylic acids is 2. The van der Waals surface area contributed by atoms with E-state index in [1.165, 1.54) is 18.1 Å². The largest absolute Gasteiger partial charge is 0.465 e. The molecule has 1 saturated heterocycles. The van der Waals surface area contributed by atoms with Gasteiger partial charge in [-0.05, 0) is 18.2 Å². The minimum atomic E-state index is -0.619. The van der Waals surface area contributed by atoms with Gasteiger partial charge in [-0.15, -0.1) is 12.3 Å². The van der Waals surface area contributed by atoms with E-state index < -0.39 is 11.8 Å². The average molecular weight is 261 g/mol. The number of terminal acetylenes is 1. The number of benzene rings is 1. The smallest absolute Gasteiger partial charge is 0.339 e. The van der Waals surface area contributed by atoms with Crippen LogP contribution in [-0.4, -0.2) is 25.5 Å². The molecule has 1 atom stereocenters. The van der Waals surface area contributed by atoms with E-state index in [9.17, 15) is 14.0 Å². The van der Waals surface area contributed by atoms with Crippen molar-refractivity contribution in [3.8, 4) is 12.3 Å². The molecule has 1 aliphatic heterocycles. The second-order valence-corrected chi connectivity index (χ2v) is 4.23. The molecule has 1 heterocycles. The zero-order valence-electron chi connectivity index (χ0n) is 10.4. The highest BCUT2D eigenvalue weighted by Crippen LogP contribution is 2.29. The SMILES string of the molecule is C#CC1CC(=O)N(c2cc(F)ccc2C(=O)OC)C1. The van der Waals surface area contributed by atoms with Crippen LogP contribution >= 0.6 is 0 Å². The summed E-state index contributed by atoms with van der Waals surface area (Å²) in [7, 11) is 1.23. The molecule has 1 aromatic carbocycles. The molecule has 1 fully saturated rings. The maximum absolute atomic E-state index is 13.3. The normalized spacial score (nSPS) is 18.3. The lowest BCUT2D eigenvalue weighted by atomic mass is 10.1. The van der Waals surface area contributed by atoms with Crippen molar-refractivity contribution in [3.63, 3.8) is 0 Å². The first kappa shape index (κ1) is 13.1. The van der Waals surface area contributed by atoms with E-state index in [0.29, 0.717) is 0 Å². The van der Waals surface area contributed by atoms with E-state index in [0.717, 1.165) is 12.1 Å². The standard InChI is InChI=1S/C14H12FNO3/c1-3-9-6-13(17)16(8-9)12-7-10(15)4-5-11(12)14(18)19-2/h1,4-5,7,9H,6,8H2,2H3. The van der Waals surface area contributed by atoms with E-state index in [1.807, 2.05) is 0 Å². The van der Waals surface area contributed by atoms with Crippen molar-refractivity contribution in [1.82, 2.24) is 0 Å². The lowest BCUT2D eigenvalue weighted by Crippen LogP contribution is -2.26. The van der Waals surface area contributed by atoms with Crippen molar-refractivity contribution in [2.75, 3.05) is 18.6 Å². The number of amides is 1. The molecule has 19 heavy (non-hydrogen) atoms. The van der Waals surface area contributed by atoms with Crippen LogP contribution in [0, 0.1) is 24.1 Å². The number of halogens is 1. The van der Waals surface area contributed by atoms with Gasteiger partial charge < -0.3 is 9.64 Å². The third kappa shape index (κ3) is 2.43. The van der Waals surface area contributed by atoms with Crippen molar-refractivity contribution < 1.29 is 18.7 Å². The van der Waals surface area contributed by atoms with Crippen molar-refractivity contribution >= 4 is 17.6 Å². The lowest BCUT2D eigenvalue weighted by Gasteiger charge is -2.19. The zero-order valence-corrected chi connectivity index (χ0v) is 10.4. The van der Waals surface area contributed by atoms with Crippen molar-refractivity contribution in [2.45, 2.75) is 6.42 Å². The van der Waals surface area contributed by atoms with Crippen LogP contribution in [0.15, 0.2) is 18.2 Å². The van der Waals surface area contributed by atoms with E-state index in [2.05, 4.69) is 10.7 Å². The van der Waals surface area contributed by atoms with Gasteiger partial charge in [0.05, 0.1) is 18.4 Å². The summed E-state index contributed by atoms with van der Waals surface area (Å²) in [4.78, 5) is 24.8. The number of nitrogens with zero attached hydrogens (tertiary/aromatic N) is 1. The van der Waals surface area contributed by atoms with Crippen LogP contribution in [0.1, 0.15) is 16.8 Å². The Balaban J connectivity index is 2.44. The first-order chi connectivity index (χ1) is 9.06. The third-order valence-corrected chi connectivity index (χ3v) is 3.02. The van der Waals surface area contributed by atoms with Crippen molar-refractivity contribution in [2.24, 2.45) is 5.92 Å². The monoisotopic (exact) mass is 261 g/mol. The molecule has 1 aliphatic rings. The maximum atomic E-state index is 13.3. The summed E-state index contributed by atoms with van der Waals surface area (Å²) in [5, 5.41) is 0. The Hall–Kier alpha value is -2.35. The topological polar surface area (TPSA) is 46.6 Å². The number of rotatable bonds is 2. The molecule has 1 amide bonds. The number of carbonyl (C=O) groups is 2. The number of esters is 1. The van der Waals surface area contributed by atoms with Gasteiger partial charge in [-0.1, -0.05) is 0 Å². The molecule has 98 valence electrons. The van der Waals surface area contributed by atoms with Crippen LogP contribution in [0.3, 0.4) is 0 Å². The van der Waals surface area contributed by atoms with Crippen LogP contribution in [0.2, 0.25) is 0 Å². The second kappa shape index (κ2) is 5.11. The molecule has 5 heteroatoms. The first-order valence-corrected chi connectivity index (χ1v) is 5.71. The third-order valence-electron chi connectivity index (χ3n) is 3.02.